The molecule has 6 nitrogen and oxygen atoms in total. The Morgan fingerprint density at radius 2 is 1.86 bits per heavy atom. The first kappa shape index (κ1) is 14.7. The van der Waals surface area contributed by atoms with Crippen LogP contribution in [0.5, 0.6) is 11.5 Å². The van der Waals surface area contributed by atoms with E-state index in [9.17, 15) is 0 Å². The Balaban J connectivity index is 1.73. The van der Waals surface area contributed by atoms with Crippen LogP contribution in [0.15, 0.2) is 22.7 Å². The number of rotatable bonds is 4. The highest BCUT2D eigenvalue weighted by atomic mass is 16.5. The molecule has 2 aromatic rings. The van der Waals surface area contributed by atoms with E-state index in [1.165, 1.54) is 0 Å². The zero-order valence-electron chi connectivity index (χ0n) is 13.1. The lowest BCUT2D eigenvalue weighted by atomic mass is 10.2. The summed E-state index contributed by atoms with van der Waals surface area (Å²) in [5, 5.41) is 7.34. The predicted octanol–water partition coefficient (Wildman–Crippen LogP) is 3.53. The first-order valence-corrected chi connectivity index (χ1v) is 7.63. The molecule has 1 atom stereocenters. The second-order valence-corrected chi connectivity index (χ2v) is 5.72. The van der Waals surface area contributed by atoms with Gasteiger partial charge in [-0.25, -0.2) is 0 Å². The van der Waals surface area contributed by atoms with Gasteiger partial charge in [0.05, 0.1) is 13.2 Å². The van der Waals surface area contributed by atoms with Crippen LogP contribution in [0.2, 0.25) is 0 Å². The van der Waals surface area contributed by atoms with Gasteiger partial charge in [0.1, 0.15) is 6.04 Å². The summed E-state index contributed by atoms with van der Waals surface area (Å²) >= 11 is 0. The van der Waals surface area contributed by atoms with Gasteiger partial charge >= 0.3 is 0 Å². The second kappa shape index (κ2) is 6.25. The van der Waals surface area contributed by atoms with Crippen molar-refractivity contribution in [3.8, 4) is 11.5 Å². The maximum Gasteiger partial charge on any atom is 0.248 e. The lowest BCUT2D eigenvalue weighted by molar-refractivity contribution is 0.297. The molecule has 0 aliphatic carbocycles. The van der Waals surface area contributed by atoms with Crippen LogP contribution < -0.4 is 14.8 Å². The number of nitrogens with zero attached hydrogens (tertiary/aromatic N) is 2. The van der Waals surface area contributed by atoms with Crippen LogP contribution in [0.3, 0.4) is 0 Å². The largest absolute Gasteiger partial charge is 0.490 e. The Bertz CT molecular complexity index is 639. The van der Waals surface area contributed by atoms with E-state index in [0.29, 0.717) is 19.1 Å². The molecule has 0 spiro atoms. The second-order valence-electron chi connectivity index (χ2n) is 5.72. The number of hydrogen-bond acceptors (Lipinski definition) is 6. The summed E-state index contributed by atoms with van der Waals surface area (Å²) in [6.07, 6.45) is 0.897. The molecule has 1 aliphatic heterocycles. The zero-order chi connectivity index (χ0) is 15.5. The summed E-state index contributed by atoms with van der Waals surface area (Å²) in [5.74, 6) is 3.11. The first-order valence-electron chi connectivity index (χ1n) is 7.63. The number of anilines is 1. The summed E-state index contributed by atoms with van der Waals surface area (Å²) in [5.41, 5.74) is 0.932. The van der Waals surface area contributed by atoms with Gasteiger partial charge in [0.2, 0.25) is 5.89 Å². The van der Waals surface area contributed by atoms with Crippen LogP contribution in [0.4, 0.5) is 5.69 Å². The fourth-order valence-corrected chi connectivity index (χ4v) is 2.22. The lowest BCUT2D eigenvalue weighted by Crippen LogP contribution is -2.07. The molecule has 3 rings (SSSR count). The van der Waals surface area contributed by atoms with Crippen LogP contribution in [0.1, 0.15) is 50.9 Å². The van der Waals surface area contributed by atoms with E-state index in [-0.39, 0.29) is 12.0 Å². The fourth-order valence-electron chi connectivity index (χ4n) is 2.22. The summed E-state index contributed by atoms with van der Waals surface area (Å²) in [6, 6.07) is 5.74. The topological polar surface area (TPSA) is 69.4 Å². The van der Waals surface area contributed by atoms with Gasteiger partial charge in [-0.05, 0) is 19.1 Å². The van der Waals surface area contributed by atoms with Gasteiger partial charge in [-0.3, -0.25) is 0 Å². The van der Waals surface area contributed by atoms with E-state index in [2.05, 4.69) is 15.5 Å². The van der Waals surface area contributed by atoms with Gasteiger partial charge in [0.25, 0.3) is 0 Å². The highest BCUT2D eigenvalue weighted by Crippen LogP contribution is 2.33. The van der Waals surface area contributed by atoms with Crippen molar-refractivity contribution in [3.05, 3.63) is 29.9 Å². The van der Waals surface area contributed by atoms with E-state index in [1.54, 1.807) is 0 Å². The molecular formula is C16H21N3O3. The first-order chi connectivity index (χ1) is 10.6. The Labute approximate surface area is 129 Å². The quantitative estimate of drug-likeness (QED) is 0.932. The van der Waals surface area contributed by atoms with Gasteiger partial charge in [-0.1, -0.05) is 19.0 Å². The average Bonchev–Trinajstić information content (AvgIpc) is 2.88. The smallest absolute Gasteiger partial charge is 0.248 e. The molecule has 0 saturated heterocycles. The average molecular weight is 303 g/mol. The van der Waals surface area contributed by atoms with Crippen LogP contribution in [-0.4, -0.2) is 23.4 Å². The fraction of sp³-hybridized carbons (Fsp3) is 0.500. The van der Waals surface area contributed by atoms with Crippen molar-refractivity contribution in [1.82, 2.24) is 10.1 Å². The van der Waals surface area contributed by atoms with Crippen molar-refractivity contribution in [2.24, 2.45) is 0 Å². The Morgan fingerprint density at radius 3 is 2.59 bits per heavy atom. The van der Waals surface area contributed by atoms with Crippen molar-refractivity contribution >= 4 is 5.69 Å². The van der Waals surface area contributed by atoms with E-state index < -0.39 is 0 Å². The summed E-state index contributed by atoms with van der Waals surface area (Å²) < 4.78 is 16.6. The molecular weight excluding hydrogens is 282 g/mol. The number of nitrogens with one attached hydrogen (secondary N) is 1. The number of benzene rings is 1. The van der Waals surface area contributed by atoms with E-state index in [0.717, 1.165) is 29.4 Å². The molecule has 1 aliphatic rings. The Hall–Kier alpha value is -2.24. The normalized spacial score (nSPS) is 15.5. The van der Waals surface area contributed by atoms with Crippen molar-refractivity contribution in [2.75, 3.05) is 18.5 Å². The van der Waals surface area contributed by atoms with E-state index >= 15 is 0 Å². The Kier molecular flexibility index (Phi) is 4.18. The monoisotopic (exact) mass is 303 g/mol. The van der Waals surface area contributed by atoms with Crippen LogP contribution in [0, 0.1) is 0 Å². The molecule has 1 unspecified atom stereocenters. The van der Waals surface area contributed by atoms with Crippen molar-refractivity contribution in [2.45, 2.75) is 39.2 Å². The standard InChI is InChI=1S/C16H21N3O3/c1-10(2)15-18-16(22-19-15)11(3)17-12-5-6-13-14(9-12)21-8-4-7-20-13/h5-6,9-11,17H,4,7-8H2,1-3H3. The number of ether oxygens (including phenoxy) is 2. The maximum absolute atomic E-state index is 5.70. The summed E-state index contributed by atoms with van der Waals surface area (Å²) in [7, 11) is 0. The summed E-state index contributed by atoms with van der Waals surface area (Å²) in [4.78, 5) is 4.41. The zero-order valence-corrected chi connectivity index (χ0v) is 13.1. The minimum atomic E-state index is -0.0789. The van der Waals surface area contributed by atoms with Crippen LogP contribution >= 0.6 is 0 Å². The number of aromatic nitrogens is 2. The van der Waals surface area contributed by atoms with Gasteiger partial charge in [0.15, 0.2) is 17.3 Å². The minimum absolute atomic E-state index is 0.0789. The molecule has 0 amide bonds. The lowest BCUT2D eigenvalue weighted by Gasteiger charge is -2.14. The third-order valence-electron chi connectivity index (χ3n) is 3.47. The molecule has 0 radical (unpaired) electrons. The minimum Gasteiger partial charge on any atom is -0.490 e. The third-order valence-corrected chi connectivity index (χ3v) is 3.47. The molecule has 6 heteroatoms. The van der Waals surface area contributed by atoms with Crippen molar-refractivity contribution in [3.63, 3.8) is 0 Å². The van der Waals surface area contributed by atoms with Gasteiger partial charge < -0.3 is 19.3 Å². The Morgan fingerprint density at radius 1 is 1.09 bits per heavy atom. The predicted molar refractivity (Wildman–Crippen MR) is 82.5 cm³/mol. The molecule has 2 heterocycles. The molecule has 0 fully saturated rings. The van der Waals surface area contributed by atoms with E-state index in [1.807, 2.05) is 39.0 Å². The van der Waals surface area contributed by atoms with Crippen LogP contribution in [-0.2, 0) is 0 Å². The van der Waals surface area contributed by atoms with Crippen molar-refractivity contribution < 1.29 is 14.0 Å². The third kappa shape index (κ3) is 3.16. The van der Waals surface area contributed by atoms with Gasteiger partial charge in [0, 0.05) is 24.1 Å². The van der Waals surface area contributed by atoms with Crippen LogP contribution in [0.25, 0.3) is 0 Å². The highest BCUT2D eigenvalue weighted by Gasteiger charge is 2.17. The molecule has 22 heavy (non-hydrogen) atoms. The molecule has 0 bridgehead atoms. The van der Waals surface area contributed by atoms with Gasteiger partial charge in [-0.15, -0.1) is 0 Å². The number of fused-ring (bicyclic) bond motifs is 1. The maximum atomic E-state index is 5.70. The van der Waals surface area contributed by atoms with Gasteiger partial charge in [-0.2, -0.15) is 4.98 Å². The molecule has 1 aromatic carbocycles. The molecule has 1 aromatic heterocycles. The molecule has 1 N–H and O–H groups in total. The molecule has 118 valence electrons. The highest BCUT2D eigenvalue weighted by molar-refractivity contribution is 5.55. The molecule has 0 saturated carbocycles. The van der Waals surface area contributed by atoms with Crippen molar-refractivity contribution in [1.29, 1.82) is 0 Å². The number of hydrogen-bond donors (Lipinski definition) is 1. The van der Waals surface area contributed by atoms with E-state index in [4.69, 9.17) is 14.0 Å². The SMILES string of the molecule is CC(C)c1noc(C(C)Nc2ccc3c(c2)OCCCO3)n1. The summed E-state index contributed by atoms with van der Waals surface area (Å²) in [6.45, 7) is 7.43.